The highest BCUT2D eigenvalue weighted by atomic mass is 35.5. The second-order valence-electron chi connectivity index (χ2n) is 6.74. The molecular formula is C19H20ClN3O7S. The van der Waals surface area contributed by atoms with Gasteiger partial charge in [0.15, 0.2) is 6.61 Å². The first-order chi connectivity index (χ1) is 14.5. The van der Waals surface area contributed by atoms with Crippen LogP contribution in [0.2, 0.25) is 5.02 Å². The van der Waals surface area contributed by atoms with Crippen molar-refractivity contribution in [1.82, 2.24) is 4.72 Å². The van der Waals surface area contributed by atoms with Crippen LogP contribution in [0, 0.1) is 16.0 Å². The van der Waals surface area contributed by atoms with E-state index in [1.165, 1.54) is 24.3 Å². The van der Waals surface area contributed by atoms with Crippen molar-refractivity contribution in [1.29, 1.82) is 0 Å². The number of ether oxygens (including phenoxy) is 1. The highest BCUT2D eigenvalue weighted by Gasteiger charge is 2.30. The molecule has 0 aliphatic carbocycles. The van der Waals surface area contributed by atoms with Crippen LogP contribution in [-0.2, 0) is 24.3 Å². The lowest BCUT2D eigenvalue weighted by atomic mass is 10.1. The summed E-state index contributed by atoms with van der Waals surface area (Å²) in [5.74, 6) is -2.17. The minimum atomic E-state index is -3.98. The number of hydrogen-bond acceptors (Lipinski definition) is 7. The van der Waals surface area contributed by atoms with Gasteiger partial charge in [-0.05, 0) is 30.2 Å². The van der Waals surface area contributed by atoms with E-state index in [4.69, 9.17) is 16.3 Å². The van der Waals surface area contributed by atoms with E-state index < -0.39 is 51.1 Å². The van der Waals surface area contributed by atoms with Gasteiger partial charge in [-0.1, -0.05) is 43.6 Å². The first-order valence-corrected chi connectivity index (χ1v) is 10.8. The molecule has 1 atom stereocenters. The predicted molar refractivity (Wildman–Crippen MR) is 113 cm³/mol. The fourth-order valence-electron chi connectivity index (χ4n) is 2.45. The fourth-order valence-corrected chi connectivity index (χ4v) is 3.99. The Morgan fingerprint density at radius 1 is 1.16 bits per heavy atom. The number of benzene rings is 2. The van der Waals surface area contributed by atoms with Crippen molar-refractivity contribution < 1.29 is 27.7 Å². The number of nitro benzene ring substituents is 1. The molecule has 0 unspecified atom stereocenters. The number of nitrogens with zero attached hydrogens (tertiary/aromatic N) is 1. The van der Waals surface area contributed by atoms with Gasteiger partial charge in [0, 0.05) is 11.8 Å². The van der Waals surface area contributed by atoms with Gasteiger partial charge in [-0.3, -0.25) is 19.7 Å². The first kappa shape index (κ1) is 24.3. The van der Waals surface area contributed by atoms with Crippen LogP contribution in [0.25, 0.3) is 0 Å². The van der Waals surface area contributed by atoms with Gasteiger partial charge in [-0.25, -0.2) is 8.42 Å². The van der Waals surface area contributed by atoms with E-state index in [0.29, 0.717) is 0 Å². The van der Waals surface area contributed by atoms with Gasteiger partial charge in [0.2, 0.25) is 10.0 Å². The van der Waals surface area contributed by atoms with Crippen LogP contribution in [-0.4, -0.2) is 37.9 Å². The molecule has 1 amide bonds. The Labute approximate surface area is 183 Å². The largest absolute Gasteiger partial charge is 0.454 e. The van der Waals surface area contributed by atoms with Crippen molar-refractivity contribution in [3.8, 4) is 0 Å². The van der Waals surface area contributed by atoms with Gasteiger partial charge < -0.3 is 10.1 Å². The SMILES string of the molecule is CC(C)[C@H](NS(=O)(=O)c1ccccc1)C(=O)OCC(=O)Nc1ccc(Cl)c([N+](=O)[O-])c1. The van der Waals surface area contributed by atoms with Crippen LogP contribution >= 0.6 is 11.6 Å². The van der Waals surface area contributed by atoms with E-state index in [0.717, 1.165) is 6.07 Å². The van der Waals surface area contributed by atoms with E-state index in [-0.39, 0.29) is 15.6 Å². The maximum absolute atomic E-state index is 12.5. The highest BCUT2D eigenvalue weighted by Crippen LogP contribution is 2.27. The summed E-state index contributed by atoms with van der Waals surface area (Å²) in [5.41, 5.74) is -0.311. The quantitative estimate of drug-likeness (QED) is 0.326. The number of esters is 1. The number of halogens is 1. The number of carbonyl (C=O) groups excluding carboxylic acids is 2. The van der Waals surface area contributed by atoms with Crippen molar-refractivity contribution >= 4 is 44.9 Å². The molecule has 0 aromatic heterocycles. The molecule has 12 heteroatoms. The van der Waals surface area contributed by atoms with Gasteiger partial charge in [0.05, 0.1) is 9.82 Å². The van der Waals surface area contributed by atoms with Crippen molar-refractivity contribution in [2.24, 2.45) is 5.92 Å². The van der Waals surface area contributed by atoms with E-state index >= 15 is 0 Å². The van der Waals surface area contributed by atoms with Crippen molar-refractivity contribution in [2.75, 3.05) is 11.9 Å². The number of nitrogens with one attached hydrogen (secondary N) is 2. The van der Waals surface area contributed by atoms with Crippen LogP contribution in [0.5, 0.6) is 0 Å². The molecule has 31 heavy (non-hydrogen) atoms. The maximum atomic E-state index is 12.5. The third kappa shape index (κ3) is 6.74. The zero-order valence-corrected chi connectivity index (χ0v) is 18.1. The Kier molecular flexibility index (Phi) is 8.08. The first-order valence-electron chi connectivity index (χ1n) is 8.99. The lowest BCUT2D eigenvalue weighted by molar-refractivity contribution is -0.384. The molecule has 0 radical (unpaired) electrons. The molecule has 2 N–H and O–H groups in total. The molecule has 166 valence electrons. The third-order valence-electron chi connectivity index (χ3n) is 4.03. The zero-order valence-electron chi connectivity index (χ0n) is 16.6. The molecule has 10 nitrogen and oxygen atoms in total. The molecule has 0 aliphatic heterocycles. The Morgan fingerprint density at radius 3 is 2.39 bits per heavy atom. The number of rotatable bonds is 9. The summed E-state index contributed by atoms with van der Waals surface area (Å²) >= 11 is 5.71. The average Bonchev–Trinajstić information content (AvgIpc) is 2.72. The summed E-state index contributed by atoms with van der Waals surface area (Å²) in [6, 6.07) is 9.93. The number of carbonyl (C=O) groups is 2. The summed E-state index contributed by atoms with van der Waals surface area (Å²) in [6.07, 6.45) is 0. The summed E-state index contributed by atoms with van der Waals surface area (Å²) in [5, 5.41) is 13.2. The molecule has 0 saturated carbocycles. The number of anilines is 1. The van der Waals surface area contributed by atoms with Crippen LogP contribution in [0.3, 0.4) is 0 Å². The van der Waals surface area contributed by atoms with Crippen LogP contribution in [0.15, 0.2) is 53.4 Å². The second kappa shape index (κ2) is 10.3. The van der Waals surface area contributed by atoms with E-state index in [2.05, 4.69) is 10.0 Å². The molecule has 0 bridgehead atoms. The smallest absolute Gasteiger partial charge is 0.324 e. The molecule has 0 spiro atoms. The van der Waals surface area contributed by atoms with Crippen molar-refractivity contribution in [3.63, 3.8) is 0 Å². The lowest BCUT2D eigenvalue weighted by Gasteiger charge is -2.20. The molecule has 0 saturated heterocycles. The predicted octanol–water partition coefficient (Wildman–Crippen LogP) is 2.73. The molecule has 0 heterocycles. The van der Waals surface area contributed by atoms with Crippen molar-refractivity contribution in [3.05, 3.63) is 63.7 Å². The number of nitro groups is 1. The van der Waals surface area contributed by atoms with Gasteiger partial charge in [-0.2, -0.15) is 4.72 Å². The van der Waals surface area contributed by atoms with Crippen LogP contribution in [0.1, 0.15) is 13.8 Å². The molecule has 2 aromatic rings. The Bertz CT molecular complexity index is 1080. The minimum absolute atomic E-state index is 0.0180. The van der Waals surface area contributed by atoms with Gasteiger partial charge >= 0.3 is 5.97 Å². The maximum Gasteiger partial charge on any atom is 0.324 e. The van der Waals surface area contributed by atoms with Crippen LogP contribution < -0.4 is 10.0 Å². The highest BCUT2D eigenvalue weighted by molar-refractivity contribution is 7.89. The molecule has 2 rings (SSSR count). The van der Waals surface area contributed by atoms with E-state index in [9.17, 15) is 28.1 Å². The van der Waals surface area contributed by atoms with Crippen LogP contribution in [0.4, 0.5) is 11.4 Å². The monoisotopic (exact) mass is 469 g/mol. The fraction of sp³-hybridized carbons (Fsp3) is 0.263. The Balaban J connectivity index is 2.01. The number of hydrogen-bond donors (Lipinski definition) is 2. The molecule has 2 aromatic carbocycles. The topological polar surface area (TPSA) is 145 Å². The second-order valence-corrected chi connectivity index (χ2v) is 8.86. The van der Waals surface area contributed by atoms with Crippen molar-refractivity contribution in [2.45, 2.75) is 24.8 Å². The van der Waals surface area contributed by atoms with Gasteiger partial charge in [0.25, 0.3) is 11.6 Å². The Morgan fingerprint density at radius 2 is 1.81 bits per heavy atom. The molecule has 0 aliphatic rings. The Hall–Kier alpha value is -3.02. The van der Waals surface area contributed by atoms with E-state index in [1.54, 1.807) is 32.0 Å². The van der Waals surface area contributed by atoms with E-state index in [1.807, 2.05) is 0 Å². The standard InChI is InChI=1S/C19H20ClN3O7S/c1-12(2)18(22-31(28,29)14-6-4-3-5-7-14)19(25)30-11-17(24)21-13-8-9-15(20)16(10-13)23(26)27/h3-10,12,18,22H,11H2,1-2H3,(H,21,24)/t18-/m0/s1. The summed E-state index contributed by atoms with van der Waals surface area (Å²) in [6.45, 7) is 2.52. The van der Waals surface area contributed by atoms with Gasteiger partial charge in [-0.15, -0.1) is 0 Å². The molecule has 0 fully saturated rings. The minimum Gasteiger partial charge on any atom is -0.454 e. The lowest BCUT2D eigenvalue weighted by Crippen LogP contribution is -2.45. The normalized spacial score (nSPS) is 12.3. The summed E-state index contributed by atoms with van der Waals surface area (Å²) < 4.78 is 32.2. The third-order valence-corrected chi connectivity index (χ3v) is 5.80. The zero-order chi connectivity index (χ0) is 23.2. The summed E-state index contributed by atoms with van der Waals surface area (Å²) in [7, 11) is -3.98. The number of amides is 1. The summed E-state index contributed by atoms with van der Waals surface area (Å²) in [4.78, 5) is 34.6. The molecular weight excluding hydrogens is 450 g/mol. The number of sulfonamides is 1. The van der Waals surface area contributed by atoms with Gasteiger partial charge in [0.1, 0.15) is 11.1 Å². The average molecular weight is 470 g/mol.